The van der Waals surface area contributed by atoms with Crippen molar-refractivity contribution in [2.75, 3.05) is 0 Å². The van der Waals surface area contributed by atoms with Gasteiger partial charge >= 0.3 is 0 Å². The molecule has 2 rings (SSSR count). The van der Waals surface area contributed by atoms with Gasteiger partial charge in [-0.1, -0.05) is 24.3 Å². The average Bonchev–Trinajstić information content (AvgIpc) is 2.13. The molecule has 15 heavy (non-hydrogen) atoms. The maximum atomic E-state index is 9.71. The molecule has 0 heterocycles. The first-order chi connectivity index (χ1) is 6.11. The molecule has 4 N–H and O–H groups in total. The topological polar surface area (TPSA) is 66.5 Å². The molecule has 0 amide bonds. The van der Waals surface area contributed by atoms with Crippen LogP contribution >= 0.6 is 24.8 Å². The predicted octanol–water partition coefficient (Wildman–Crippen LogP) is 1.16. The SMILES string of the molecule is Cl.Cl.NC1(O)CCc2ccccc2C1O. The number of aryl methyl sites for hydroxylation is 1. The summed E-state index contributed by atoms with van der Waals surface area (Å²) in [6.45, 7) is 0. The number of aliphatic hydroxyl groups is 2. The molecular weight excluding hydrogens is 237 g/mol. The average molecular weight is 252 g/mol. The summed E-state index contributed by atoms with van der Waals surface area (Å²) in [6, 6.07) is 7.51. The fourth-order valence-corrected chi connectivity index (χ4v) is 1.77. The standard InChI is InChI=1S/C10H13NO2.2ClH/c11-10(13)6-5-7-3-1-2-4-8(7)9(10)12;;/h1-4,9,12-13H,5-6,11H2;2*1H. The minimum Gasteiger partial charge on any atom is -0.384 e. The van der Waals surface area contributed by atoms with E-state index < -0.39 is 11.8 Å². The smallest absolute Gasteiger partial charge is 0.144 e. The van der Waals surface area contributed by atoms with Crippen molar-refractivity contribution in [3.05, 3.63) is 35.4 Å². The Balaban J connectivity index is 0.000000980. The van der Waals surface area contributed by atoms with Crippen LogP contribution in [0, 0.1) is 0 Å². The van der Waals surface area contributed by atoms with Gasteiger partial charge in [-0.05, 0) is 24.0 Å². The summed E-state index contributed by atoms with van der Waals surface area (Å²) in [4.78, 5) is 0. The summed E-state index contributed by atoms with van der Waals surface area (Å²) in [5.41, 5.74) is 5.90. The summed E-state index contributed by atoms with van der Waals surface area (Å²) in [7, 11) is 0. The third kappa shape index (κ3) is 2.62. The van der Waals surface area contributed by atoms with E-state index in [1.807, 2.05) is 18.2 Å². The monoisotopic (exact) mass is 251 g/mol. The predicted molar refractivity (Wildman–Crippen MR) is 63.4 cm³/mol. The molecule has 2 unspecified atom stereocenters. The number of rotatable bonds is 0. The Labute approximate surface area is 101 Å². The van der Waals surface area contributed by atoms with Gasteiger partial charge in [-0.15, -0.1) is 24.8 Å². The van der Waals surface area contributed by atoms with Crippen LogP contribution in [0.15, 0.2) is 24.3 Å². The molecule has 0 bridgehead atoms. The minimum absolute atomic E-state index is 0. The van der Waals surface area contributed by atoms with Gasteiger partial charge in [0.1, 0.15) is 11.8 Å². The fourth-order valence-electron chi connectivity index (χ4n) is 1.77. The van der Waals surface area contributed by atoms with E-state index in [0.717, 1.165) is 17.5 Å². The lowest BCUT2D eigenvalue weighted by molar-refractivity contribution is -0.0845. The molecular formula is C10H15Cl2NO2. The van der Waals surface area contributed by atoms with Crippen LogP contribution in [-0.2, 0) is 6.42 Å². The molecule has 0 radical (unpaired) electrons. The van der Waals surface area contributed by atoms with Gasteiger partial charge in [-0.2, -0.15) is 0 Å². The maximum absolute atomic E-state index is 9.71. The Kier molecular flexibility index (Phi) is 5.03. The van der Waals surface area contributed by atoms with Gasteiger partial charge < -0.3 is 15.9 Å². The second-order valence-electron chi connectivity index (χ2n) is 3.59. The summed E-state index contributed by atoms with van der Waals surface area (Å²) >= 11 is 0. The largest absolute Gasteiger partial charge is 0.384 e. The molecule has 0 spiro atoms. The van der Waals surface area contributed by atoms with Gasteiger partial charge in [-0.3, -0.25) is 0 Å². The lowest BCUT2D eigenvalue weighted by atomic mass is 9.84. The first-order valence-corrected chi connectivity index (χ1v) is 4.38. The number of aliphatic hydroxyl groups excluding tert-OH is 1. The number of nitrogens with two attached hydrogens (primary N) is 1. The first kappa shape index (κ1) is 14.7. The summed E-state index contributed by atoms with van der Waals surface area (Å²) < 4.78 is 0. The van der Waals surface area contributed by atoms with Crippen LogP contribution in [0.4, 0.5) is 0 Å². The van der Waals surface area contributed by atoms with Crippen molar-refractivity contribution in [1.29, 1.82) is 0 Å². The van der Waals surface area contributed by atoms with E-state index in [0.29, 0.717) is 6.42 Å². The van der Waals surface area contributed by atoms with Gasteiger partial charge in [0.2, 0.25) is 0 Å². The highest BCUT2D eigenvalue weighted by Gasteiger charge is 2.36. The van der Waals surface area contributed by atoms with Crippen LogP contribution in [0.25, 0.3) is 0 Å². The first-order valence-electron chi connectivity index (χ1n) is 4.38. The quantitative estimate of drug-likeness (QED) is 0.607. The Morgan fingerprint density at radius 3 is 2.53 bits per heavy atom. The van der Waals surface area contributed by atoms with E-state index in [4.69, 9.17) is 5.73 Å². The number of halogens is 2. The second kappa shape index (κ2) is 5.14. The van der Waals surface area contributed by atoms with E-state index in [9.17, 15) is 10.2 Å². The van der Waals surface area contributed by atoms with Crippen molar-refractivity contribution in [3.8, 4) is 0 Å². The van der Waals surface area contributed by atoms with Crippen molar-refractivity contribution in [2.24, 2.45) is 5.73 Å². The van der Waals surface area contributed by atoms with Gasteiger partial charge in [-0.25, -0.2) is 0 Å². The third-order valence-electron chi connectivity index (χ3n) is 2.62. The molecule has 3 nitrogen and oxygen atoms in total. The van der Waals surface area contributed by atoms with Crippen molar-refractivity contribution >= 4 is 24.8 Å². The zero-order chi connectivity index (χ0) is 9.47. The molecule has 0 aromatic heterocycles. The van der Waals surface area contributed by atoms with E-state index in [2.05, 4.69) is 0 Å². The third-order valence-corrected chi connectivity index (χ3v) is 2.62. The van der Waals surface area contributed by atoms with E-state index >= 15 is 0 Å². The maximum Gasteiger partial charge on any atom is 0.144 e. The van der Waals surface area contributed by atoms with Crippen LogP contribution in [0.1, 0.15) is 23.7 Å². The summed E-state index contributed by atoms with van der Waals surface area (Å²) in [5.74, 6) is 0. The van der Waals surface area contributed by atoms with Crippen molar-refractivity contribution in [2.45, 2.75) is 24.7 Å². The molecule has 1 aromatic rings. The molecule has 0 fully saturated rings. The van der Waals surface area contributed by atoms with Crippen LogP contribution < -0.4 is 5.73 Å². The van der Waals surface area contributed by atoms with Crippen molar-refractivity contribution < 1.29 is 10.2 Å². The lowest BCUT2D eigenvalue weighted by Crippen LogP contribution is -2.48. The van der Waals surface area contributed by atoms with Crippen LogP contribution in [0.2, 0.25) is 0 Å². The Morgan fingerprint density at radius 2 is 1.87 bits per heavy atom. The van der Waals surface area contributed by atoms with E-state index in [1.165, 1.54) is 0 Å². The Morgan fingerprint density at radius 1 is 1.27 bits per heavy atom. The highest BCUT2D eigenvalue weighted by Crippen LogP contribution is 2.33. The van der Waals surface area contributed by atoms with Crippen molar-refractivity contribution in [1.82, 2.24) is 0 Å². The normalized spacial score (nSPS) is 28.3. The summed E-state index contributed by atoms with van der Waals surface area (Å²) in [5, 5.41) is 19.3. The molecule has 5 heteroatoms. The molecule has 0 saturated carbocycles. The van der Waals surface area contributed by atoms with Gasteiger partial charge in [0.25, 0.3) is 0 Å². The summed E-state index contributed by atoms with van der Waals surface area (Å²) in [6.07, 6.45) is 0.170. The van der Waals surface area contributed by atoms with E-state index in [1.54, 1.807) is 6.07 Å². The molecule has 0 aliphatic heterocycles. The number of hydrogen-bond acceptors (Lipinski definition) is 3. The minimum atomic E-state index is -1.46. The number of fused-ring (bicyclic) bond motifs is 1. The zero-order valence-corrected chi connectivity index (χ0v) is 9.72. The number of hydrogen-bond donors (Lipinski definition) is 3. The van der Waals surface area contributed by atoms with Gasteiger partial charge in [0, 0.05) is 0 Å². The Hall–Kier alpha value is -0.320. The number of benzene rings is 1. The molecule has 2 atom stereocenters. The molecule has 1 aliphatic carbocycles. The van der Waals surface area contributed by atoms with Crippen LogP contribution in [0.3, 0.4) is 0 Å². The lowest BCUT2D eigenvalue weighted by Gasteiger charge is -2.34. The van der Waals surface area contributed by atoms with Crippen LogP contribution in [-0.4, -0.2) is 15.9 Å². The van der Waals surface area contributed by atoms with Crippen molar-refractivity contribution in [3.63, 3.8) is 0 Å². The molecule has 86 valence electrons. The van der Waals surface area contributed by atoms with Gasteiger partial charge in [0.15, 0.2) is 0 Å². The highest BCUT2D eigenvalue weighted by molar-refractivity contribution is 5.85. The molecule has 0 saturated heterocycles. The van der Waals surface area contributed by atoms with Crippen LogP contribution in [0.5, 0.6) is 0 Å². The second-order valence-corrected chi connectivity index (χ2v) is 3.59. The van der Waals surface area contributed by atoms with E-state index in [-0.39, 0.29) is 24.8 Å². The molecule has 1 aliphatic rings. The molecule has 1 aromatic carbocycles. The highest BCUT2D eigenvalue weighted by atomic mass is 35.5. The van der Waals surface area contributed by atoms with Gasteiger partial charge in [0.05, 0.1) is 0 Å². The Bertz CT molecular complexity index is 331. The fraction of sp³-hybridized carbons (Fsp3) is 0.400. The zero-order valence-electron chi connectivity index (χ0n) is 8.09.